The molecule has 1 N–H and O–H groups in total. The Balaban J connectivity index is 1.98. The van der Waals surface area contributed by atoms with E-state index < -0.39 is 11.6 Å². The van der Waals surface area contributed by atoms with Crippen LogP contribution in [0.1, 0.15) is 32.1 Å². The lowest BCUT2D eigenvalue weighted by atomic mass is 9.98. The summed E-state index contributed by atoms with van der Waals surface area (Å²) in [5, 5.41) is 3.12. The van der Waals surface area contributed by atoms with Gasteiger partial charge in [-0.25, -0.2) is 8.78 Å². The van der Waals surface area contributed by atoms with Gasteiger partial charge in [-0.15, -0.1) is 0 Å². The number of hydrogen-bond acceptors (Lipinski definition) is 2. The van der Waals surface area contributed by atoms with E-state index in [2.05, 4.69) is 10.2 Å². The van der Waals surface area contributed by atoms with Gasteiger partial charge in [-0.05, 0) is 18.9 Å². The molecule has 0 saturated carbocycles. The average Bonchev–Trinajstić information content (AvgIpc) is 2.29. The zero-order valence-electron chi connectivity index (χ0n) is 10.4. The molecule has 18 heavy (non-hydrogen) atoms. The van der Waals surface area contributed by atoms with Crippen LogP contribution in [-0.2, 0) is 0 Å². The van der Waals surface area contributed by atoms with Crippen LogP contribution in [0.5, 0.6) is 0 Å². The predicted molar refractivity (Wildman–Crippen MR) is 69.1 cm³/mol. The Kier molecular flexibility index (Phi) is 3.10. The number of hydrogen-bond donors (Lipinski definition) is 1. The molecule has 1 fully saturated rings. The molecule has 2 aliphatic rings. The summed E-state index contributed by atoms with van der Waals surface area (Å²) in [5.74, 6) is -0.971. The fraction of sp³-hybridized carbons (Fsp3) is 0.571. The first-order valence-electron chi connectivity index (χ1n) is 6.75. The average molecular weight is 252 g/mol. The maximum absolute atomic E-state index is 13.7. The zero-order valence-corrected chi connectivity index (χ0v) is 10.4. The Morgan fingerprint density at radius 2 is 1.94 bits per heavy atom. The third kappa shape index (κ3) is 2.04. The van der Waals surface area contributed by atoms with Gasteiger partial charge in [0.1, 0.15) is 5.82 Å². The van der Waals surface area contributed by atoms with Crippen LogP contribution in [0.2, 0.25) is 0 Å². The lowest BCUT2D eigenvalue weighted by Crippen LogP contribution is -2.45. The Morgan fingerprint density at radius 3 is 2.83 bits per heavy atom. The second kappa shape index (κ2) is 4.75. The van der Waals surface area contributed by atoms with Gasteiger partial charge in [0, 0.05) is 25.2 Å². The molecule has 1 unspecified atom stereocenters. The Hall–Kier alpha value is -1.32. The molecule has 4 heteroatoms. The fourth-order valence-corrected chi connectivity index (χ4v) is 3.06. The number of fused-ring (bicyclic) bond motifs is 3. The highest BCUT2D eigenvalue weighted by Gasteiger charge is 2.28. The molecule has 1 saturated heterocycles. The van der Waals surface area contributed by atoms with Crippen molar-refractivity contribution in [3.8, 4) is 0 Å². The van der Waals surface area contributed by atoms with Crippen molar-refractivity contribution in [2.24, 2.45) is 0 Å². The highest BCUT2D eigenvalue weighted by Crippen LogP contribution is 2.36. The van der Waals surface area contributed by atoms with Gasteiger partial charge in [0.15, 0.2) is 5.82 Å². The van der Waals surface area contributed by atoms with Crippen molar-refractivity contribution < 1.29 is 8.78 Å². The molecule has 0 aliphatic carbocycles. The number of halogens is 2. The van der Waals surface area contributed by atoms with Crippen molar-refractivity contribution in [3.05, 3.63) is 23.8 Å². The topological polar surface area (TPSA) is 15.3 Å². The number of rotatable bonds is 0. The van der Waals surface area contributed by atoms with Gasteiger partial charge in [0.05, 0.1) is 11.4 Å². The Bertz CT molecular complexity index is 448. The number of nitrogens with zero attached hydrogens (tertiary/aromatic N) is 1. The Morgan fingerprint density at radius 1 is 1.11 bits per heavy atom. The summed E-state index contributed by atoms with van der Waals surface area (Å²) in [6.45, 7) is 1.66. The first-order valence-corrected chi connectivity index (χ1v) is 6.75. The van der Waals surface area contributed by atoms with Gasteiger partial charge in [0.2, 0.25) is 0 Å². The summed E-state index contributed by atoms with van der Waals surface area (Å²) in [4.78, 5) is 2.19. The van der Waals surface area contributed by atoms with Crippen molar-refractivity contribution >= 4 is 11.4 Å². The maximum atomic E-state index is 13.7. The van der Waals surface area contributed by atoms with Crippen LogP contribution in [-0.4, -0.2) is 19.1 Å². The van der Waals surface area contributed by atoms with Crippen molar-refractivity contribution in [3.63, 3.8) is 0 Å². The number of benzene rings is 1. The van der Waals surface area contributed by atoms with Crippen molar-refractivity contribution in [2.75, 3.05) is 23.3 Å². The normalized spacial score (nSPS) is 23.4. The van der Waals surface area contributed by atoms with Crippen molar-refractivity contribution in [1.29, 1.82) is 0 Å². The van der Waals surface area contributed by atoms with Crippen LogP contribution in [0.3, 0.4) is 0 Å². The number of anilines is 2. The molecule has 1 aromatic carbocycles. The molecule has 1 atom stereocenters. The van der Waals surface area contributed by atoms with Gasteiger partial charge in [-0.3, -0.25) is 0 Å². The molecular formula is C14H18F2N2. The minimum Gasteiger partial charge on any atom is -0.379 e. The van der Waals surface area contributed by atoms with Gasteiger partial charge >= 0.3 is 0 Å². The zero-order chi connectivity index (χ0) is 12.5. The number of nitrogens with one attached hydrogen (secondary N) is 1. The van der Waals surface area contributed by atoms with E-state index in [9.17, 15) is 8.78 Å². The molecule has 0 spiro atoms. The highest BCUT2D eigenvalue weighted by molar-refractivity contribution is 5.73. The van der Waals surface area contributed by atoms with Crippen LogP contribution in [0.25, 0.3) is 0 Å². The van der Waals surface area contributed by atoms with E-state index in [1.54, 1.807) is 0 Å². The van der Waals surface area contributed by atoms with Gasteiger partial charge < -0.3 is 10.2 Å². The van der Waals surface area contributed by atoms with E-state index in [4.69, 9.17) is 0 Å². The first kappa shape index (κ1) is 11.8. The highest BCUT2D eigenvalue weighted by atomic mass is 19.1. The van der Waals surface area contributed by atoms with E-state index in [-0.39, 0.29) is 0 Å². The third-order valence-electron chi connectivity index (χ3n) is 3.99. The van der Waals surface area contributed by atoms with E-state index in [0.29, 0.717) is 17.4 Å². The molecule has 2 nitrogen and oxygen atoms in total. The van der Waals surface area contributed by atoms with E-state index in [1.807, 2.05) is 0 Å². The molecule has 0 aromatic heterocycles. The summed E-state index contributed by atoms with van der Waals surface area (Å²) in [6.07, 6.45) is 5.90. The summed E-state index contributed by atoms with van der Waals surface area (Å²) >= 11 is 0. The quantitative estimate of drug-likeness (QED) is 0.760. The van der Waals surface area contributed by atoms with Crippen molar-refractivity contribution in [2.45, 2.75) is 38.1 Å². The molecule has 1 aromatic rings. The molecule has 2 aliphatic heterocycles. The summed E-state index contributed by atoms with van der Waals surface area (Å²) in [7, 11) is 0. The minimum absolute atomic E-state index is 0.374. The summed E-state index contributed by atoms with van der Waals surface area (Å²) < 4.78 is 27.1. The fourth-order valence-electron chi connectivity index (χ4n) is 3.06. The summed E-state index contributed by atoms with van der Waals surface area (Å²) in [6, 6.07) is 2.79. The third-order valence-corrected chi connectivity index (χ3v) is 3.99. The lowest BCUT2D eigenvalue weighted by Gasteiger charge is -2.40. The van der Waals surface area contributed by atoms with E-state index in [0.717, 1.165) is 32.0 Å². The maximum Gasteiger partial charge on any atom is 0.151 e. The SMILES string of the molecule is Fc1cc(F)c2c(c1)N1CCCCCCC1CN2. The molecule has 0 radical (unpaired) electrons. The summed E-state index contributed by atoms with van der Waals surface area (Å²) in [5.41, 5.74) is 1.17. The van der Waals surface area contributed by atoms with Gasteiger partial charge in [-0.2, -0.15) is 0 Å². The largest absolute Gasteiger partial charge is 0.379 e. The minimum atomic E-state index is -0.490. The van der Waals surface area contributed by atoms with Crippen LogP contribution >= 0.6 is 0 Å². The van der Waals surface area contributed by atoms with Crippen LogP contribution in [0.4, 0.5) is 20.2 Å². The molecule has 0 bridgehead atoms. The predicted octanol–water partition coefficient (Wildman–Crippen LogP) is 3.53. The standard InChI is InChI=1S/C14H18F2N2/c15-10-7-12(16)14-13(8-10)18-6-4-2-1-3-5-11(18)9-17-14/h7-8,11,17H,1-6,9H2. The Labute approximate surface area is 106 Å². The smallest absolute Gasteiger partial charge is 0.151 e. The second-order valence-corrected chi connectivity index (χ2v) is 5.21. The molecular weight excluding hydrogens is 234 g/mol. The lowest BCUT2D eigenvalue weighted by molar-refractivity contribution is 0.468. The second-order valence-electron chi connectivity index (χ2n) is 5.21. The molecule has 0 amide bonds. The molecule has 2 heterocycles. The van der Waals surface area contributed by atoms with E-state index >= 15 is 0 Å². The van der Waals surface area contributed by atoms with Crippen LogP contribution < -0.4 is 10.2 Å². The van der Waals surface area contributed by atoms with Gasteiger partial charge in [0.25, 0.3) is 0 Å². The van der Waals surface area contributed by atoms with Crippen molar-refractivity contribution in [1.82, 2.24) is 0 Å². The monoisotopic (exact) mass is 252 g/mol. The van der Waals surface area contributed by atoms with Crippen LogP contribution in [0.15, 0.2) is 12.1 Å². The van der Waals surface area contributed by atoms with E-state index in [1.165, 1.54) is 25.3 Å². The van der Waals surface area contributed by atoms with Gasteiger partial charge in [-0.1, -0.05) is 19.3 Å². The first-order chi connectivity index (χ1) is 8.75. The molecule has 3 rings (SSSR count). The van der Waals surface area contributed by atoms with Crippen LogP contribution in [0, 0.1) is 11.6 Å². The molecule has 98 valence electrons.